The van der Waals surface area contributed by atoms with Gasteiger partial charge in [0.2, 0.25) is 0 Å². The Morgan fingerprint density at radius 2 is 2.15 bits per heavy atom. The number of rotatable bonds is 3. The van der Waals surface area contributed by atoms with Crippen LogP contribution in [0.15, 0.2) is 41.6 Å². The lowest BCUT2D eigenvalue weighted by atomic mass is 10.1. The highest BCUT2D eigenvalue weighted by Crippen LogP contribution is 2.22. The minimum absolute atomic E-state index is 0.285. The fourth-order valence-corrected chi connectivity index (χ4v) is 2.40. The SMILES string of the molecule is OCC#Cc1cc(CSc2ccc(Cl)cn2)ccc1F. The van der Waals surface area contributed by atoms with Gasteiger partial charge >= 0.3 is 0 Å². The van der Waals surface area contributed by atoms with Crippen molar-refractivity contribution in [3.05, 3.63) is 58.5 Å². The van der Waals surface area contributed by atoms with Gasteiger partial charge in [-0.25, -0.2) is 9.37 Å². The minimum Gasteiger partial charge on any atom is -0.384 e. The zero-order valence-corrected chi connectivity index (χ0v) is 12.0. The number of thioether (sulfide) groups is 1. The minimum atomic E-state index is -0.385. The highest BCUT2D eigenvalue weighted by molar-refractivity contribution is 7.98. The molecule has 2 nitrogen and oxygen atoms in total. The molecule has 0 saturated carbocycles. The third-order valence-electron chi connectivity index (χ3n) is 2.42. The molecule has 102 valence electrons. The van der Waals surface area contributed by atoms with Crippen molar-refractivity contribution in [1.82, 2.24) is 4.98 Å². The van der Waals surface area contributed by atoms with Crippen molar-refractivity contribution in [2.24, 2.45) is 0 Å². The molecule has 0 bridgehead atoms. The van der Waals surface area contributed by atoms with Gasteiger partial charge in [-0.05, 0) is 29.8 Å². The number of aromatic nitrogens is 1. The molecule has 0 amide bonds. The van der Waals surface area contributed by atoms with Gasteiger partial charge in [0.15, 0.2) is 0 Å². The molecule has 0 aliphatic carbocycles. The van der Waals surface area contributed by atoms with Crippen molar-refractivity contribution < 1.29 is 9.50 Å². The predicted octanol–water partition coefficient (Wildman–Crippen LogP) is 3.51. The van der Waals surface area contributed by atoms with E-state index in [1.54, 1.807) is 24.4 Å². The van der Waals surface area contributed by atoms with Crippen LogP contribution in [0.25, 0.3) is 0 Å². The van der Waals surface area contributed by atoms with Crippen LogP contribution in [0.1, 0.15) is 11.1 Å². The summed E-state index contributed by atoms with van der Waals surface area (Å²) in [6.07, 6.45) is 1.59. The molecule has 0 unspecified atom stereocenters. The Balaban J connectivity index is 2.08. The predicted molar refractivity (Wildman–Crippen MR) is 79.2 cm³/mol. The number of halogens is 2. The summed E-state index contributed by atoms with van der Waals surface area (Å²) in [6, 6.07) is 8.39. The van der Waals surface area contributed by atoms with Gasteiger partial charge in [0.25, 0.3) is 0 Å². The zero-order valence-electron chi connectivity index (χ0n) is 10.4. The van der Waals surface area contributed by atoms with Crippen LogP contribution in [0.4, 0.5) is 4.39 Å². The lowest BCUT2D eigenvalue weighted by molar-refractivity contribution is 0.350. The van der Waals surface area contributed by atoms with E-state index in [1.165, 1.54) is 17.8 Å². The van der Waals surface area contributed by atoms with Crippen LogP contribution in [0.2, 0.25) is 5.02 Å². The molecule has 0 aliphatic rings. The summed E-state index contributed by atoms with van der Waals surface area (Å²) in [7, 11) is 0. The van der Waals surface area contributed by atoms with E-state index in [1.807, 2.05) is 6.07 Å². The van der Waals surface area contributed by atoms with Crippen LogP contribution in [-0.4, -0.2) is 16.7 Å². The molecule has 20 heavy (non-hydrogen) atoms. The normalized spacial score (nSPS) is 9.95. The van der Waals surface area contributed by atoms with Crippen molar-refractivity contribution in [1.29, 1.82) is 0 Å². The Bertz CT molecular complexity index is 649. The molecule has 0 fully saturated rings. The third kappa shape index (κ3) is 4.24. The molecular weight excluding hydrogens is 297 g/mol. The van der Waals surface area contributed by atoms with Gasteiger partial charge in [0.05, 0.1) is 15.6 Å². The summed E-state index contributed by atoms with van der Waals surface area (Å²) < 4.78 is 13.5. The fraction of sp³-hybridized carbons (Fsp3) is 0.133. The summed E-state index contributed by atoms with van der Waals surface area (Å²) >= 11 is 7.30. The number of hydrogen-bond donors (Lipinski definition) is 1. The van der Waals surface area contributed by atoms with Crippen LogP contribution >= 0.6 is 23.4 Å². The van der Waals surface area contributed by atoms with Crippen LogP contribution in [0, 0.1) is 17.7 Å². The van der Waals surface area contributed by atoms with Crippen LogP contribution in [0.3, 0.4) is 0 Å². The Kier molecular flexibility index (Phi) is 5.42. The first-order valence-corrected chi connectivity index (χ1v) is 7.18. The van der Waals surface area contributed by atoms with E-state index in [0.29, 0.717) is 16.3 Å². The monoisotopic (exact) mass is 307 g/mol. The van der Waals surface area contributed by atoms with E-state index in [4.69, 9.17) is 16.7 Å². The van der Waals surface area contributed by atoms with E-state index in [-0.39, 0.29) is 12.4 Å². The lowest BCUT2D eigenvalue weighted by Crippen LogP contribution is -1.89. The molecule has 5 heteroatoms. The van der Waals surface area contributed by atoms with Gasteiger partial charge in [-0.2, -0.15) is 0 Å². The van der Waals surface area contributed by atoms with Crippen LogP contribution in [-0.2, 0) is 5.75 Å². The second-order valence-electron chi connectivity index (χ2n) is 3.88. The maximum absolute atomic E-state index is 13.5. The number of aliphatic hydroxyl groups excluding tert-OH is 1. The molecule has 0 saturated heterocycles. The summed E-state index contributed by atoms with van der Waals surface area (Å²) in [5.74, 6) is 5.31. The second kappa shape index (κ2) is 7.30. The van der Waals surface area contributed by atoms with E-state index >= 15 is 0 Å². The first-order valence-electron chi connectivity index (χ1n) is 5.81. The zero-order chi connectivity index (χ0) is 14.4. The highest BCUT2D eigenvalue weighted by atomic mass is 35.5. The molecular formula is C15H11ClFNOS. The van der Waals surface area contributed by atoms with Crippen LogP contribution < -0.4 is 0 Å². The van der Waals surface area contributed by atoms with Crippen LogP contribution in [0.5, 0.6) is 0 Å². The van der Waals surface area contributed by atoms with Gasteiger partial charge in [-0.15, -0.1) is 11.8 Å². The van der Waals surface area contributed by atoms with Gasteiger partial charge in [0.1, 0.15) is 12.4 Å². The molecule has 1 heterocycles. The number of pyridine rings is 1. The van der Waals surface area contributed by atoms with Crippen molar-refractivity contribution in [3.63, 3.8) is 0 Å². The Morgan fingerprint density at radius 3 is 2.85 bits per heavy atom. The van der Waals surface area contributed by atoms with Crippen molar-refractivity contribution in [3.8, 4) is 11.8 Å². The lowest BCUT2D eigenvalue weighted by Gasteiger charge is -2.03. The van der Waals surface area contributed by atoms with E-state index in [2.05, 4.69) is 16.8 Å². The van der Waals surface area contributed by atoms with Crippen molar-refractivity contribution in [2.75, 3.05) is 6.61 Å². The summed E-state index contributed by atoms with van der Waals surface area (Å²) in [5, 5.41) is 10.1. The van der Waals surface area contributed by atoms with Crippen molar-refractivity contribution >= 4 is 23.4 Å². The molecule has 0 aliphatic heterocycles. The maximum Gasteiger partial charge on any atom is 0.138 e. The second-order valence-corrected chi connectivity index (χ2v) is 5.31. The largest absolute Gasteiger partial charge is 0.384 e. The van der Waals surface area contributed by atoms with Gasteiger partial charge < -0.3 is 5.11 Å². The number of hydrogen-bond acceptors (Lipinski definition) is 3. The molecule has 0 radical (unpaired) electrons. The standard InChI is InChI=1S/C15H11ClFNOS/c16-13-4-6-15(18-9-13)20-10-11-3-5-14(17)12(8-11)2-1-7-19/h3-6,8-9,19H,7,10H2. The Morgan fingerprint density at radius 1 is 1.30 bits per heavy atom. The van der Waals surface area contributed by atoms with E-state index in [0.717, 1.165) is 10.6 Å². The van der Waals surface area contributed by atoms with Crippen molar-refractivity contribution in [2.45, 2.75) is 10.8 Å². The van der Waals surface area contributed by atoms with E-state index < -0.39 is 0 Å². The number of benzene rings is 1. The third-order valence-corrected chi connectivity index (χ3v) is 3.66. The summed E-state index contributed by atoms with van der Waals surface area (Å²) in [5.41, 5.74) is 1.23. The average molecular weight is 308 g/mol. The van der Waals surface area contributed by atoms with E-state index in [9.17, 15) is 4.39 Å². The average Bonchev–Trinajstić information content (AvgIpc) is 2.46. The molecule has 1 aromatic heterocycles. The van der Waals surface area contributed by atoms with Gasteiger partial charge in [-0.1, -0.05) is 29.5 Å². The number of nitrogens with zero attached hydrogens (tertiary/aromatic N) is 1. The molecule has 1 N–H and O–H groups in total. The first-order chi connectivity index (χ1) is 9.69. The summed E-state index contributed by atoms with van der Waals surface area (Å²) in [6.45, 7) is -0.285. The Hall–Kier alpha value is -1.54. The highest BCUT2D eigenvalue weighted by Gasteiger charge is 2.03. The number of aliphatic hydroxyl groups is 1. The first kappa shape index (κ1) is 14.9. The fourth-order valence-electron chi connectivity index (χ4n) is 1.50. The topological polar surface area (TPSA) is 33.1 Å². The molecule has 2 aromatic rings. The molecule has 0 atom stereocenters. The summed E-state index contributed by atoms with van der Waals surface area (Å²) in [4.78, 5) is 4.18. The smallest absolute Gasteiger partial charge is 0.138 e. The van der Waals surface area contributed by atoms with Gasteiger partial charge in [-0.3, -0.25) is 0 Å². The van der Waals surface area contributed by atoms with Gasteiger partial charge in [0, 0.05) is 11.9 Å². The quantitative estimate of drug-likeness (QED) is 0.696. The molecule has 1 aromatic carbocycles. The molecule has 0 spiro atoms. The Labute approximate surface area is 126 Å². The molecule has 2 rings (SSSR count). The maximum atomic E-state index is 13.5.